The summed E-state index contributed by atoms with van der Waals surface area (Å²) in [6.07, 6.45) is -4.50. The number of nitrogens with one attached hydrogen (secondary N) is 1. The number of rotatable bonds is 1. The van der Waals surface area contributed by atoms with Crippen LogP contribution in [0.2, 0.25) is 0 Å². The first-order valence-corrected chi connectivity index (χ1v) is 5.97. The lowest BCUT2D eigenvalue weighted by Gasteiger charge is -2.30. The van der Waals surface area contributed by atoms with Crippen molar-refractivity contribution in [1.82, 2.24) is 10.2 Å². The molecule has 0 bridgehead atoms. The number of halogens is 3. The number of hydrogen-bond donors (Lipinski definition) is 2. The fraction of sp³-hybridized carbons (Fsp3) is 0.909. The van der Waals surface area contributed by atoms with Crippen LogP contribution >= 0.6 is 0 Å². The zero-order valence-corrected chi connectivity index (χ0v) is 10.2. The fourth-order valence-corrected chi connectivity index (χ4v) is 2.58. The molecular weight excluding hydrogens is 249 g/mol. The van der Waals surface area contributed by atoms with Crippen molar-refractivity contribution in [2.24, 2.45) is 5.41 Å². The van der Waals surface area contributed by atoms with Crippen LogP contribution in [0.1, 0.15) is 19.8 Å². The third kappa shape index (κ3) is 2.09. The van der Waals surface area contributed by atoms with Crippen molar-refractivity contribution in [2.75, 3.05) is 26.2 Å². The first kappa shape index (κ1) is 13.6. The van der Waals surface area contributed by atoms with Crippen LogP contribution in [0, 0.1) is 5.41 Å². The van der Waals surface area contributed by atoms with Crippen LogP contribution in [-0.4, -0.2) is 53.9 Å². The van der Waals surface area contributed by atoms with Crippen LogP contribution in [0.15, 0.2) is 0 Å². The molecule has 0 aromatic rings. The van der Waals surface area contributed by atoms with E-state index in [1.165, 1.54) is 0 Å². The Morgan fingerprint density at radius 1 is 1.39 bits per heavy atom. The van der Waals surface area contributed by atoms with Crippen molar-refractivity contribution < 1.29 is 23.1 Å². The van der Waals surface area contributed by atoms with Crippen molar-refractivity contribution in [3.8, 4) is 0 Å². The number of β-amino-alcohol motifs (C(OH)–C–C–N with tert-alkyl or cyclic N) is 1. The highest BCUT2D eigenvalue weighted by molar-refractivity contribution is 5.83. The molecular formula is C11H17F3N2O2. The number of likely N-dealkylation sites (tertiary alicyclic amines) is 1. The molecule has 0 aromatic carbocycles. The Morgan fingerprint density at radius 3 is 2.50 bits per heavy atom. The Labute approximate surface area is 103 Å². The molecule has 104 valence electrons. The van der Waals surface area contributed by atoms with Crippen molar-refractivity contribution in [2.45, 2.75) is 31.5 Å². The molecule has 2 heterocycles. The van der Waals surface area contributed by atoms with Gasteiger partial charge in [0.25, 0.3) is 0 Å². The van der Waals surface area contributed by atoms with Gasteiger partial charge in [-0.1, -0.05) is 0 Å². The number of carbonyl (C=O) groups is 1. The van der Waals surface area contributed by atoms with E-state index in [4.69, 9.17) is 0 Å². The topological polar surface area (TPSA) is 52.6 Å². The van der Waals surface area contributed by atoms with Gasteiger partial charge in [0.1, 0.15) is 0 Å². The number of alkyl halides is 3. The van der Waals surface area contributed by atoms with Crippen molar-refractivity contribution >= 4 is 5.91 Å². The lowest BCUT2D eigenvalue weighted by Crippen LogP contribution is -2.50. The maximum Gasteiger partial charge on any atom is 0.419 e. The molecule has 2 fully saturated rings. The van der Waals surface area contributed by atoms with Crippen LogP contribution < -0.4 is 5.32 Å². The Hall–Kier alpha value is -0.820. The van der Waals surface area contributed by atoms with E-state index in [-0.39, 0.29) is 12.5 Å². The van der Waals surface area contributed by atoms with Crippen LogP contribution in [0.5, 0.6) is 0 Å². The lowest BCUT2D eigenvalue weighted by atomic mass is 9.88. The number of carbonyl (C=O) groups excluding carboxylic acids is 1. The average molecular weight is 266 g/mol. The van der Waals surface area contributed by atoms with E-state index >= 15 is 0 Å². The largest absolute Gasteiger partial charge is 0.419 e. The SMILES string of the molecule is CC1(C(=O)N2CCC(O)(C(F)(F)F)C2)CCNC1. The van der Waals surface area contributed by atoms with Crippen LogP contribution in [0.3, 0.4) is 0 Å². The van der Waals surface area contributed by atoms with E-state index in [2.05, 4.69) is 5.32 Å². The average Bonchev–Trinajstić information content (AvgIpc) is 2.85. The first-order valence-electron chi connectivity index (χ1n) is 5.97. The van der Waals surface area contributed by atoms with Gasteiger partial charge in [0.15, 0.2) is 5.60 Å². The Balaban J connectivity index is 2.07. The summed E-state index contributed by atoms with van der Waals surface area (Å²) < 4.78 is 38.0. The van der Waals surface area contributed by atoms with Gasteiger partial charge in [-0.25, -0.2) is 0 Å². The minimum absolute atomic E-state index is 0.0373. The van der Waals surface area contributed by atoms with Gasteiger partial charge in [-0.3, -0.25) is 4.79 Å². The molecule has 1 amide bonds. The number of amides is 1. The Kier molecular flexibility index (Phi) is 3.09. The van der Waals surface area contributed by atoms with E-state index < -0.39 is 30.2 Å². The highest BCUT2D eigenvalue weighted by atomic mass is 19.4. The van der Waals surface area contributed by atoms with Gasteiger partial charge in [-0.2, -0.15) is 13.2 Å². The minimum Gasteiger partial charge on any atom is -0.379 e. The third-order valence-corrected chi connectivity index (χ3v) is 3.95. The molecule has 4 nitrogen and oxygen atoms in total. The van der Waals surface area contributed by atoms with Gasteiger partial charge in [0.05, 0.1) is 12.0 Å². The maximum atomic E-state index is 12.7. The van der Waals surface area contributed by atoms with Gasteiger partial charge in [-0.05, 0) is 19.9 Å². The Morgan fingerprint density at radius 2 is 2.06 bits per heavy atom. The highest BCUT2D eigenvalue weighted by Crippen LogP contribution is 2.39. The van der Waals surface area contributed by atoms with E-state index in [9.17, 15) is 23.1 Å². The molecule has 0 radical (unpaired) electrons. The third-order valence-electron chi connectivity index (χ3n) is 3.95. The smallest absolute Gasteiger partial charge is 0.379 e. The van der Waals surface area contributed by atoms with E-state index in [0.717, 1.165) is 4.90 Å². The normalized spacial score (nSPS) is 37.3. The molecule has 2 atom stereocenters. The van der Waals surface area contributed by atoms with E-state index in [1.54, 1.807) is 6.92 Å². The quantitative estimate of drug-likeness (QED) is 0.727. The first-order chi connectivity index (χ1) is 8.18. The van der Waals surface area contributed by atoms with Gasteiger partial charge in [0, 0.05) is 19.5 Å². The number of hydrogen-bond acceptors (Lipinski definition) is 3. The summed E-state index contributed by atoms with van der Waals surface area (Å²) >= 11 is 0. The second-order valence-corrected chi connectivity index (χ2v) is 5.49. The molecule has 2 saturated heterocycles. The number of aliphatic hydroxyl groups is 1. The van der Waals surface area contributed by atoms with Crippen molar-refractivity contribution in [3.63, 3.8) is 0 Å². The second kappa shape index (κ2) is 4.09. The Bertz CT molecular complexity index is 353. The zero-order chi connectivity index (χ0) is 13.6. The summed E-state index contributed by atoms with van der Waals surface area (Å²) in [4.78, 5) is 13.3. The molecule has 7 heteroatoms. The molecule has 2 aliphatic heterocycles. The second-order valence-electron chi connectivity index (χ2n) is 5.49. The molecule has 2 N–H and O–H groups in total. The maximum absolute atomic E-state index is 12.7. The van der Waals surface area contributed by atoms with E-state index in [1.807, 2.05) is 0 Å². The van der Waals surface area contributed by atoms with Crippen LogP contribution in [0.4, 0.5) is 13.2 Å². The molecule has 0 saturated carbocycles. The van der Waals surface area contributed by atoms with E-state index in [0.29, 0.717) is 19.5 Å². The molecule has 18 heavy (non-hydrogen) atoms. The summed E-state index contributed by atoms with van der Waals surface area (Å²) in [5.74, 6) is -0.298. The molecule has 2 rings (SSSR count). The summed E-state index contributed by atoms with van der Waals surface area (Å²) in [5.41, 5.74) is -3.39. The van der Waals surface area contributed by atoms with Crippen molar-refractivity contribution in [3.05, 3.63) is 0 Å². The van der Waals surface area contributed by atoms with Gasteiger partial charge in [-0.15, -0.1) is 0 Å². The van der Waals surface area contributed by atoms with Gasteiger partial charge in [0.2, 0.25) is 5.91 Å². The summed E-state index contributed by atoms with van der Waals surface area (Å²) in [6.45, 7) is 2.24. The summed E-state index contributed by atoms with van der Waals surface area (Å²) in [5, 5.41) is 12.6. The van der Waals surface area contributed by atoms with Crippen LogP contribution in [0.25, 0.3) is 0 Å². The minimum atomic E-state index is -4.68. The molecule has 0 aliphatic carbocycles. The summed E-state index contributed by atoms with van der Waals surface area (Å²) in [6, 6.07) is 0. The molecule has 2 aliphatic rings. The molecule has 0 aromatic heterocycles. The number of nitrogens with zero attached hydrogens (tertiary/aromatic N) is 1. The lowest BCUT2D eigenvalue weighted by molar-refractivity contribution is -0.253. The predicted molar refractivity (Wildman–Crippen MR) is 57.8 cm³/mol. The fourth-order valence-electron chi connectivity index (χ4n) is 2.58. The van der Waals surface area contributed by atoms with Crippen LogP contribution in [-0.2, 0) is 4.79 Å². The predicted octanol–water partition coefficient (Wildman–Crippen LogP) is 0.512. The zero-order valence-electron chi connectivity index (χ0n) is 10.2. The highest BCUT2D eigenvalue weighted by Gasteiger charge is 2.58. The van der Waals surface area contributed by atoms with Gasteiger partial charge < -0.3 is 15.3 Å². The molecule has 2 unspecified atom stereocenters. The van der Waals surface area contributed by atoms with Gasteiger partial charge >= 0.3 is 6.18 Å². The molecule has 0 spiro atoms. The monoisotopic (exact) mass is 266 g/mol. The standard InChI is InChI=1S/C11H17F3N2O2/c1-9(2-4-15-6-9)8(17)16-5-3-10(18,7-16)11(12,13)14/h15,18H,2-7H2,1H3. The summed E-state index contributed by atoms with van der Waals surface area (Å²) in [7, 11) is 0. The van der Waals surface area contributed by atoms with Crippen molar-refractivity contribution in [1.29, 1.82) is 0 Å².